The van der Waals surface area contributed by atoms with Crippen LogP contribution in [0.25, 0.3) is 0 Å². The van der Waals surface area contributed by atoms with E-state index in [1.54, 1.807) is 0 Å². The lowest BCUT2D eigenvalue weighted by atomic mass is 9.98. The topological polar surface area (TPSA) is 47.6 Å². The first-order valence-electron chi connectivity index (χ1n) is 8.59. The molecule has 4 nitrogen and oxygen atoms in total. The SMILES string of the molecule is O=C(NC(Cc1ccccc1)c1ccc2c(c1)OCO2)c1ccccc1. The summed E-state index contributed by atoms with van der Waals surface area (Å²) >= 11 is 0. The molecule has 0 aromatic heterocycles. The van der Waals surface area contributed by atoms with Gasteiger partial charge in [-0.05, 0) is 41.8 Å². The van der Waals surface area contributed by atoms with E-state index in [0.29, 0.717) is 12.0 Å². The summed E-state index contributed by atoms with van der Waals surface area (Å²) in [5.74, 6) is 1.36. The van der Waals surface area contributed by atoms with E-state index in [2.05, 4.69) is 17.4 Å². The Hall–Kier alpha value is -3.27. The first kappa shape index (κ1) is 16.2. The molecule has 0 radical (unpaired) electrons. The average Bonchev–Trinajstić information content (AvgIpc) is 3.17. The van der Waals surface area contributed by atoms with E-state index < -0.39 is 0 Å². The van der Waals surface area contributed by atoms with Crippen LogP contribution in [0.5, 0.6) is 11.5 Å². The van der Waals surface area contributed by atoms with Crippen molar-refractivity contribution in [2.75, 3.05) is 6.79 Å². The maximum atomic E-state index is 12.7. The summed E-state index contributed by atoms with van der Waals surface area (Å²) in [6.07, 6.45) is 0.694. The van der Waals surface area contributed by atoms with Crippen LogP contribution < -0.4 is 14.8 Å². The number of amides is 1. The zero-order chi connectivity index (χ0) is 17.8. The zero-order valence-electron chi connectivity index (χ0n) is 14.2. The summed E-state index contributed by atoms with van der Waals surface area (Å²) in [6, 6.07) is 25.0. The summed E-state index contributed by atoms with van der Waals surface area (Å²) in [6.45, 7) is 0.235. The number of nitrogens with one attached hydrogen (secondary N) is 1. The number of rotatable bonds is 5. The van der Waals surface area contributed by atoms with Gasteiger partial charge in [-0.2, -0.15) is 0 Å². The maximum absolute atomic E-state index is 12.7. The average molecular weight is 345 g/mol. The van der Waals surface area contributed by atoms with Gasteiger partial charge in [0.15, 0.2) is 11.5 Å². The van der Waals surface area contributed by atoms with Gasteiger partial charge in [0, 0.05) is 5.56 Å². The van der Waals surface area contributed by atoms with Gasteiger partial charge in [-0.15, -0.1) is 0 Å². The van der Waals surface area contributed by atoms with Crippen LogP contribution in [-0.4, -0.2) is 12.7 Å². The highest BCUT2D eigenvalue weighted by atomic mass is 16.7. The zero-order valence-corrected chi connectivity index (χ0v) is 14.2. The molecule has 3 aromatic carbocycles. The first-order valence-corrected chi connectivity index (χ1v) is 8.59. The van der Waals surface area contributed by atoms with Crippen LogP contribution in [0.1, 0.15) is 27.5 Å². The third-order valence-corrected chi connectivity index (χ3v) is 4.42. The monoisotopic (exact) mass is 345 g/mol. The molecule has 0 spiro atoms. The van der Waals surface area contributed by atoms with Gasteiger partial charge in [-0.25, -0.2) is 0 Å². The normalized spacial score (nSPS) is 13.2. The van der Waals surface area contributed by atoms with Crippen LogP contribution in [0, 0.1) is 0 Å². The van der Waals surface area contributed by atoms with Crippen molar-refractivity contribution in [3.63, 3.8) is 0 Å². The number of carbonyl (C=O) groups is 1. The van der Waals surface area contributed by atoms with E-state index >= 15 is 0 Å². The van der Waals surface area contributed by atoms with Gasteiger partial charge >= 0.3 is 0 Å². The van der Waals surface area contributed by atoms with Crippen LogP contribution in [0.3, 0.4) is 0 Å². The Morgan fingerprint density at radius 3 is 2.35 bits per heavy atom. The van der Waals surface area contributed by atoms with Crippen molar-refractivity contribution in [1.29, 1.82) is 0 Å². The molecule has 0 fully saturated rings. The van der Waals surface area contributed by atoms with E-state index in [1.807, 2.05) is 66.7 Å². The Balaban J connectivity index is 1.62. The quantitative estimate of drug-likeness (QED) is 0.756. The van der Waals surface area contributed by atoms with Gasteiger partial charge in [0.25, 0.3) is 5.91 Å². The van der Waals surface area contributed by atoms with Gasteiger partial charge in [-0.1, -0.05) is 54.6 Å². The molecule has 1 aliphatic rings. The molecule has 26 heavy (non-hydrogen) atoms. The largest absolute Gasteiger partial charge is 0.454 e. The van der Waals surface area contributed by atoms with Crippen LogP contribution in [0.2, 0.25) is 0 Å². The summed E-state index contributed by atoms with van der Waals surface area (Å²) < 4.78 is 10.9. The number of carbonyl (C=O) groups excluding carboxylic acids is 1. The molecule has 1 atom stereocenters. The van der Waals surface area contributed by atoms with E-state index in [4.69, 9.17) is 9.47 Å². The minimum Gasteiger partial charge on any atom is -0.454 e. The predicted molar refractivity (Wildman–Crippen MR) is 99.4 cm³/mol. The Kier molecular flexibility index (Phi) is 4.56. The Morgan fingerprint density at radius 1 is 0.885 bits per heavy atom. The molecule has 3 aromatic rings. The van der Waals surface area contributed by atoms with Gasteiger partial charge in [0.2, 0.25) is 6.79 Å². The van der Waals surface area contributed by atoms with Crippen molar-refractivity contribution >= 4 is 5.91 Å². The Morgan fingerprint density at radius 2 is 1.58 bits per heavy atom. The fourth-order valence-electron chi connectivity index (χ4n) is 3.06. The lowest BCUT2D eigenvalue weighted by Gasteiger charge is -2.20. The van der Waals surface area contributed by atoms with Gasteiger partial charge in [0.05, 0.1) is 6.04 Å². The number of fused-ring (bicyclic) bond motifs is 1. The van der Waals surface area contributed by atoms with Crippen molar-refractivity contribution in [1.82, 2.24) is 5.32 Å². The highest BCUT2D eigenvalue weighted by Gasteiger charge is 2.20. The van der Waals surface area contributed by atoms with Crippen LogP contribution in [-0.2, 0) is 6.42 Å². The molecular weight excluding hydrogens is 326 g/mol. The van der Waals surface area contributed by atoms with Crippen molar-refractivity contribution in [3.8, 4) is 11.5 Å². The number of benzene rings is 3. The van der Waals surface area contributed by atoms with Gasteiger partial charge in [-0.3, -0.25) is 4.79 Å². The van der Waals surface area contributed by atoms with E-state index in [-0.39, 0.29) is 18.7 Å². The lowest BCUT2D eigenvalue weighted by molar-refractivity contribution is 0.0936. The highest BCUT2D eigenvalue weighted by molar-refractivity contribution is 5.94. The second-order valence-corrected chi connectivity index (χ2v) is 6.19. The molecule has 0 saturated heterocycles. The molecule has 1 N–H and O–H groups in total. The van der Waals surface area contributed by atoms with Crippen LogP contribution in [0.4, 0.5) is 0 Å². The van der Waals surface area contributed by atoms with Crippen molar-refractivity contribution in [3.05, 3.63) is 95.6 Å². The molecular formula is C22H19NO3. The van der Waals surface area contributed by atoms with Crippen LogP contribution >= 0.6 is 0 Å². The number of ether oxygens (including phenoxy) is 2. The van der Waals surface area contributed by atoms with Crippen LogP contribution in [0.15, 0.2) is 78.9 Å². The summed E-state index contributed by atoms with van der Waals surface area (Å²) in [5, 5.41) is 3.15. The second kappa shape index (κ2) is 7.31. The molecule has 0 saturated carbocycles. The fraction of sp³-hybridized carbons (Fsp3) is 0.136. The van der Waals surface area contributed by atoms with Crippen molar-refractivity contribution < 1.29 is 14.3 Å². The molecule has 1 unspecified atom stereocenters. The minimum absolute atomic E-state index is 0.0933. The molecule has 0 aliphatic carbocycles. The fourth-order valence-corrected chi connectivity index (χ4v) is 3.06. The molecule has 4 heteroatoms. The third kappa shape index (κ3) is 3.54. The first-order chi connectivity index (χ1) is 12.8. The van der Waals surface area contributed by atoms with Crippen molar-refractivity contribution in [2.24, 2.45) is 0 Å². The maximum Gasteiger partial charge on any atom is 0.251 e. The third-order valence-electron chi connectivity index (χ3n) is 4.42. The van der Waals surface area contributed by atoms with Gasteiger partial charge in [0.1, 0.15) is 0 Å². The molecule has 1 aliphatic heterocycles. The predicted octanol–water partition coefficient (Wildman–Crippen LogP) is 4.13. The molecule has 4 rings (SSSR count). The molecule has 0 bridgehead atoms. The molecule has 130 valence electrons. The smallest absolute Gasteiger partial charge is 0.251 e. The standard InChI is InChI=1S/C22H19NO3/c24-22(17-9-5-2-6-10-17)23-19(13-16-7-3-1-4-8-16)18-11-12-20-21(14-18)26-15-25-20/h1-12,14,19H,13,15H2,(H,23,24). The summed E-state index contributed by atoms with van der Waals surface area (Å²) in [5.41, 5.74) is 2.79. The van der Waals surface area contributed by atoms with E-state index in [9.17, 15) is 4.79 Å². The minimum atomic E-state index is -0.167. The van der Waals surface area contributed by atoms with Gasteiger partial charge < -0.3 is 14.8 Å². The van der Waals surface area contributed by atoms with Crippen molar-refractivity contribution in [2.45, 2.75) is 12.5 Å². The Bertz CT molecular complexity index is 894. The molecule has 1 heterocycles. The van der Waals surface area contributed by atoms with E-state index in [1.165, 1.54) is 0 Å². The summed E-state index contributed by atoms with van der Waals surface area (Å²) in [7, 11) is 0. The lowest BCUT2D eigenvalue weighted by Crippen LogP contribution is -2.30. The second-order valence-electron chi connectivity index (χ2n) is 6.19. The van der Waals surface area contributed by atoms with E-state index in [0.717, 1.165) is 22.6 Å². The Labute approximate surface area is 152 Å². The number of hydrogen-bond acceptors (Lipinski definition) is 3. The number of hydrogen-bond donors (Lipinski definition) is 1. The summed E-state index contributed by atoms with van der Waals surface area (Å²) in [4.78, 5) is 12.7. The molecule has 1 amide bonds. The highest BCUT2D eigenvalue weighted by Crippen LogP contribution is 2.35.